The number of hydrogen-bond donors (Lipinski definition) is 2. The van der Waals surface area contributed by atoms with Crippen molar-refractivity contribution in [2.45, 2.75) is 37.3 Å². The largest absolute Gasteiger partial charge is 0.453 e. The van der Waals surface area contributed by atoms with E-state index in [-0.39, 0.29) is 28.2 Å². The first-order valence-corrected chi connectivity index (χ1v) is 11.3. The smallest absolute Gasteiger partial charge is 0.383 e. The van der Waals surface area contributed by atoms with Crippen LogP contribution >= 0.6 is 11.6 Å². The van der Waals surface area contributed by atoms with Gasteiger partial charge in [-0.3, -0.25) is 4.98 Å². The van der Waals surface area contributed by atoms with Crippen molar-refractivity contribution in [3.63, 3.8) is 0 Å². The molecular formula is C23H18ClF6N7. The molecule has 194 valence electrons. The van der Waals surface area contributed by atoms with Gasteiger partial charge in [0.15, 0.2) is 5.82 Å². The number of aryl methyl sites for hydroxylation is 1. The highest BCUT2D eigenvalue weighted by atomic mass is 35.5. The first-order valence-electron chi connectivity index (χ1n) is 11.0. The zero-order chi connectivity index (χ0) is 26.8. The van der Waals surface area contributed by atoms with E-state index in [0.717, 1.165) is 6.20 Å². The Balaban J connectivity index is 1.57. The van der Waals surface area contributed by atoms with E-state index >= 15 is 0 Å². The summed E-state index contributed by atoms with van der Waals surface area (Å²) in [6.45, 7) is 2.18. The molecule has 0 aromatic carbocycles. The fourth-order valence-electron chi connectivity index (χ4n) is 4.40. The molecule has 14 heteroatoms. The number of pyridine rings is 2. The van der Waals surface area contributed by atoms with E-state index in [1.807, 2.05) is 6.92 Å². The number of fused-ring (bicyclic) bond motifs is 2. The Morgan fingerprint density at radius 1 is 1.11 bits per heavy atom. The van der Waals surface area contributed by atoms with Crippen LogP contribution in [0.4, 0.5) is 38.0 Å². The number of rotatable bonds is 5. The predicted molar refractivity (Wildman–Crippen MR) is 124 cm³/mol. The van der Waals surface area contributed by atoms with E-state index < -0.39 is 36.2 Å². The van der Waals surface area contributed by atoms with Crippen molar-refractivity contribution in [3.05, 3.63) is 64.6 Å². The van der Waals surface area contributed by atoms with Crippen LogP contribution in [0.2, 0.25) is 5.02 Å². The summed E-state index contributed by atoms with van der Waals surface area (Å²) < 4.78 is 80.0. The molecule has 4 aromatic rings. The lowest BCUT2D eigenvalue weighted by atomic mass is 9.81. The molecule has 37 heavy (non-hydrogen) atoms. The highest BCUT2D eigenvalue weighted by Gasteiger charge is 2.56. The van der Waals surface area contributed by atoms with Crippen LogP contribution in [0.1, 0.15) is 30.4 Å². The van der Waals surface area contributed by atoms with Crippen LogP contribution in [0.15, 0.2) is 36.7 Å². The lowest BCUT2D eigenvalue weighted by Crippen LogP contribution is -2.36. The Kier molecular flexibility index (Phi) is 5.73. The van der Waals surface area contributed by atoms with Crippen LogP contribution in [0.5, 0.6) is 0 Å². The maximum absolute atomic E-state index is 13.6. The third kappa shape index (κ3) is 4.20. The Labute approximate surface area is 210 Å². The number of nitrogen functional groups attached to an aromatic ring is 1. The minimum Gasteiger partial charge on any atom is -0.383 e. The van der Waals surface area contributed by atoms with E-state index in [4.69, 9.17) is 17.3 Å². The van der Waals surface area contributed by atoms with Gasteiger partial charge in [-0.2, -0.15) is 22.0 Å². The number of nitrogens with two attached hydrogens (primary N) is 1. The topological polar surface area (TPSA) is 94.0 Å². The van der Waals surface area contributed by atoms with Gasteiger partial charge in [0.05, 0.1) is 33.4 Å². The quantitative estimate of drug-likeness (QED) is 0.328. The molecule has 4 aromatic heterocycles. The van der Waals surface area contributed by atoms with Crippen LogP contribution < -0.4 is 11.1 Å². The van der Waals surface area contributed by atoms with E-state index in [0.29, 0.717) is 29.1 Å². The SMILES string of the molecule is CC1(c2ccc(F)cn2)CNc2nc(-c3nc(CCC(F)(F)C(F)(F)F)n4cc(Cl)ccc34)nc(N)c21. The fourth-order valence-corrected chi connectivity index (χ4v) is 4.56. The van der Waals surface area contributed by atoms with Gasteiger partial charge in [0.25, 0.3) is 0 Å². The van der Waals surface area contributed by atoms with Crippen molar-refractivity contribution < 1.29 is 26.3 Å². The van der Waals surface area contributed by atoms with Crippen LogP contribution in [-0.4, -0.2) is 43.0 Å². The van der Waals surface area contributed by atoms with Crippen LogP contribution in [0.25, 0.3) is 17.0 Å². The molecule has 1 atom stereocenters. The highest BCUT2D eigenvalue weighted by molar-refractivity contribution is 6.30. The van der Waals surface area contributed by atoms with Gasteiger partial charge in [0, 0.05) is 25.6 Å². The normalized spacial score (nSPS) is 17.7. The number of hydrogen-bond acceptors (Lipinski definition) is 6. The zero-order valence-corrected chi connectivity index (χ0v) is 19.8. The number of aromatic nitrogens is 5. The van der Waals surface area contributed by atoms with E-state index in [1.165, 1.54) is 34.9 Å². The van der Waals surface area contributed by atoms with Gasteiger partial charge in [-0.15, -0.1) is 0 Å². The molecule has 0 aliphatic carbocycles. The summed E-state index contributed by atoms with van der Waals surface area (Å²) in [5, 5.41) is 3.36. The van der Waals surface area contributed by atoms with E-state index in [2.05, 4.69) is 25.3 Å². The molecule has 5 rings (SSSR count). The molecule has 7 nitrogen and oxygen atoms in total. The summed E-state index contributed by atoms with van der Waals surface area (Å²) in [4.78, 5) is 17.4. The molecule has 0 radical (unpaired) electrons. The Morgan fingerprint density at radius 2 is 1.86 bits per heavy atom. The van der Waals surface area contributed by atoms with Crippen molar-refractivity contribution >= 4 is 28.8 Å². The molecule has 1 aliphatic heterocycles. The third-order valence-electron chi connectivity index (χ3n) is 6.35. The van der Waals surface area contributed by atoms with Gasteiger partial charge < -0.3 is 15.5 Å². The average molecular weight is 542 g/mol. The monoisotopic (exact) mass is 541 g/mol. The molecule has 0 fully saturated rings. The number of alkyl halides is 5. The second-order valence-corrected chi connectivity index (χ2v) is 9.32. The van der Waals surface area contributed by atoms with Crippen molar-refractivity contribution in [1.82, 2.24) is 24.3 Å². The Morgan fingerprint density at radius 3 is 2.54 bits per heavy atom. The number of imidazole rings is 1. The number of nitrogens with one attached hydrogen (secondary N) is 1. The maximum atomic E-state index is 13.6. The minimum absolute atomic E-state index is 0.0359. The third-order valence-corrected chi connectivity index (χ3v) is 6.58. The Bertz CT molecular complexity index is 1500. The molecular weight excluding hydrogens is 524 g/mol. The van der Waals surface area contributed by atoms with Gasteiger partial charge in [-0.1, -0.05) is 11.6 Å². The fraction of sp³-hybridized carbons (Fsp3) is 0.304. The molecule has 3 N–H and O–H groups in total. The summed E-state index contributed by atoms with van der Waals surface area (Å²) >= 11 is 6.04. The molecule has 0 bridgehead atoms. The van der Waals surface area contributed by atoms with Gasteiger partial charge >= 0.3 is 12.1 Å². The van der Waals surface area contributed by atoms with Gasteiger partial charge in [0.1, 0.15) is 29.0 Å². The first-order chi connectivity index (χ1) is 17.3. The highest BCUT2D eigenvalue weighted by Crippen LogP contribution is 2.44. The van der Waals surface area contributed by atoms with Gasteiger partial charge in [-0.25, -0.2) is 19.3 Å². The van der Waals surface area contributed by atoms with Crippen molar-refractivity contribution in [1.29, 1.82) is 0 Å². The number of halogens is 7. The van der Waals surface area contributed by atoms with E-state index in [9.17, 15) is 26.3 Å². The molecule has 5 heterocycles. The summed E-state index contributed by atoms with van der Waals surface area (Å²) in [5.41, 5.74) is 7.09. The predicted octanol–water partition coefficient (Wildman–Crippen LogP) is 5.42. The summed E-state index contributed by atoms with van der Waals surface area (Å²) in [5.74, 6) is -4.97. The van der Waals surface area contributed by atoms with E-state index in [1.54, 1.807) is 0 Å². The maximum Gasteiger partial charge on any atom is 0.453 e. The van der Waals surface area contributed by atoms with Gasteiger partial charge in [0.2, 0.25) is 0 Å². The van der Waals surface area contributed by atoms with Crippen LogP contribution in [0.3, 0.4) is 0 Å². The number of nitrogens with zero attached hydrogens (tertiary/aromatic N) is 5. The average Bonchev–Trinajstić information content (AvgIpc) is 3.36. The van der Waals surface area contributed by atoms with Crippen molar-refractivity contribution in [3.8, 4) is 11.5 Å². The molecule has 1 unspecified atom stereocenters. The van der Waals surface area contributed by atoms with Crippen molar-refractivity contribution in [2.24, 2.45) is 0 Å². The standard InChI is InChI=1S/C23H18ClF6N7/c1-21(14-5-3-12(25)8-32-14)10-33-19-16(21)18(31)35-20(36-19)17-13-4-2-11(24)9-37(13)15(34-17)6-7-22(26,27)23(28,29)30/h2-5,8-9H,6-7,10H2,1H3,(H3,31,33,35,36). The van der Waals surface area contributed by atoms with Crippen LogP contribution in [-0.2, 0) is 11.8 Å². The summed E-state index contributed by atoms with van der Waals surface area (Å²) in [6, 6.07) is 5.86. The molecule has 0 saturated heterocycles. The van der Waals surface area contributed by atoms with Gasteiger partial charge in [-0.05, 0) is 31.2 Å². The second kappa shape index (κ2) is 8.47. The summed E-state index contributed by atoms with van der Waals surface area (Å²) in [6.07, 6.45) is -5.42. The minimum atomic E-state index is -5.68. The Hall–Kier alpha value is -3.61. The molecule has 0 amide bonds. The van der Waals surface area contributed by atoms with Crippen molar-refractivity contribution in [2.75, 3.05) is 17.6 Å². The molecule has 0 saturated carbocycles. The zero-order valence-electron chi connectivity index (χ0n) is 19.0. The number of anilines is 2. The summed E-state index contributed by atoms with van der Waals surface area (Å²) in [7, 11) is 0. The molecule has 1 aliphatic rings. The first kappa shape index (κ1) is 25.1. The lowest BCUT2D eigenvalue weighted by Gasteiger charge is -2.24. The lowest BCUT2D eigenvalue weighted by molar-refractivity contribution is -0.284. The molecule has 0 spiro atoms. The second-order valence-electron chi connectivity index (χ2n) is 8.88. The van der Waals surface area contributed by atoms with Crippen LogP contribution in [0, 0.1) is 5.82 Å².